The molecule has 9 heteroatoms. The average molecular weight is 491 g/mol. The molecule has 5 rings (SSSR count). The van der Waals surface area contributed by atoms with E-state index in [9.17, 15) is 24.6 Å². The number of aryl methyl sites for hydroxylation is 2. The lowest BCUT2D eigenvalue weighted by molar-refractivity contribution is -0.142. The molecular formula is C27H26N2O7. The second-order valence-corrected chi connectivity index (χ2v) is 9.17. The Morgan fingerprint density at radius 2 is 1.94 bits per heavy atom. The molecule has 0 saturated heterocycles. The van der Waals surface area contributed by atoms with Gasteiger partial charge in [0, 0.05) is 40.0 Å². The molecule has 4 aromatic rings. The number of benzene rings is 2. The molecule has 4 N–H and O–H groups in total. The van der Waals surface area contributed by atoms with Crippen LogP contribution in [0.3, 0.4) is 0 Å². The fourth-order valence-corrected chi connectivity index (χ4v) is 4.88. The second-order valence-electron chi connectivity index (χ2n) is 9.17. The van der Waals surface area contributed by atoms with Crippen LogP contribution in [0.5, 0.6) is 11.5 Å². The summed E-state index contributed by atoms with van der Waals surface area (Å²) < 4.78 is 11.5. The number of carboxylic acid groups (broad SMARTS) is 1. The molecule has 0 fully saturated rings. The molecule has 2 aromatic heterocycles. The molecule has 0 bridgehead atoms. The first-order valence-electron chi connectivity index (χ1n) is 11.8. The van der Waals surface area contributed by atoms with Crippen molar-refractivity contribution < 1.29 is 29.0 Å². The molecule has 2 aromatic carbocycles. The van der Waals surface area contributed by atoms with Crippen LogP contribution in [0.2, 0.25) is 0 Å². The third-order valence-corrected chi connectivity index (χ3v) is 6.80. The number of carboxylic acids is 1. The Labute approximate surface area is 205 Å². The Morgan fingerprint density at radius 1 is 1.17 bits per heavy atom. The number of amides is 1. The summed E-state index contributed by atoms with van der Waals surface area (Å²) in [7, 11) is 0. The summed E-state index contributed by atoms with van der Waals surface area (Å²) in [5, 5.41) is 23.6. The van der Waals surface area contributed by atoms with E-state index in [0.717, 1.165) is 34.9 Å². The monoisotopic (exact) mass is 490 g/mol. The zero-order chi connectivity index (χ0) is 25.6. The molecule has 0 saturated carbocycles. The van der Waals surface area contributed by atoms with Gasteiger partial charge in [0.25, 0.3) is 5.91 Å². The predicted octanol–water partition coefficient (Wildman–Crippen LogP) is 3.36. The molecule has 36 heavy (non-hydrogen) atoms. The van der Waals surface area contributed by atoms with Gasteiger partial charge in [0.05, 0.1) is 0 Å². The predicted molar refractivity (Wildman–Crippen MR) is 133 cm³/mol. The highest BCUT2D eigenvalue weighted by Crippen LogP contribution is 2.33. The van der Waals surface area contributed by atoms with E-state index in [1.165, 1.54) is 13.0 Å². The maximum atomic E-state index is 12.9. The molecule has 1 aliphatic rings. The van der Waals surface area contributed by atoms with Gasteiger partial charge in [-0.25, -0.2) is 9.59 Å². The topological polar surface area (TPSA) is 142 Å². The number of carbonyl (C=O) groups is 2. The number of fused-ring (bicyclic) bond motifs is 4. The molecule has 0 radical (unpaired) electrons. The van der Waals surface area contributed by atoms with Crippen molar-refractivity contribution in [3.05, 3.63) is 69.2 Å². The largest absolute Gasteiger partial charge is 0.508 e. The number of nitrogens with one attached hydrogen (secondary N) is 2. The van der Waals surface area contributed by atoms with Gasteiger partial charge in [0.1, 0.15) is 23.1 Å². The molecule has 1 aliphatic carbocycles. The molecule has 0 aliphatic heterocycles. The Balaban J connectivity index is 1.33. The maximum absolute atomic E-state index is 12.9. The summed E-state index contributed by atoms with van der Waals surface area (Å²) in [6.07, 6.45) is 3.13. The normalized spacial score (nSPS) is 14.5. The highest BCUT2D eigenvalue weighted by molar-refractivity contribution is 5.89. The summed E-state index contributed by atoms with van der Waals surface area (Å²) in [5.41, 5.74) is 3.85. The molecule has 0 spiro atoms. The number of phenolic OH excluding ortho intramolecular Hbond substituents is 1. The number of hydrogen-bond donors (Lipinski definition) is 4. The summed E-state index contributed by atoms with van der Waals surface area (Å²) >= 11 is 0. The van der Waals surface area contributed by atoms with E-state index in [0.29, 0.717) is 34.3 Å². The third kappa shape index (κ3) is 4.17. The van der Waals surface area contributed by atoms with E-state index in [2.05, 4.69) is 10.3 Å². The highest BCUT2D eigenvalue weighted by atomic mass is 16.5. The van der Waals surface area contributed by atoms with E-state index in [1.807, 2.05) is 6.07 Å². The van der Waals surface area contributed by atoms with Crippen LogP contribution in [0.15, 0.2) is 45.7 Å². The average Bonchev–Trinajstić information content (AvgIpc) is 3.49. The lowest BCUT2D eigenvalue weighted by Gasteiger charge is -2.20. The minimum absolute atomic E-state index is 0.0164. The fourth-order valence-electron chi connectivity index (χ4n) is 4.88. The van der Waals surface area contributed by atoms with Gasteiger partial charge in [0.15, 0.2) is 6.10 Å². The zero-order valence-electron chi connectivity index (χ0n) is 19.9. The molecule has 2 unspecified atom stereocenters. The number of rotatable bonds is 7. The van der Waals surface area contributed by atoms with Crippen molar-refractivity contribution in [2.45, 2.75) is 51.7 Å². The van der Waals surface area contributed by atoms with Crippen molar-refractivity contribution in [3.63, 3.8) is 0 Å². The SMILES string of the molecule is Cc1c(OC(C)C(=O)NC(Cc2c[nH]c3ccc(O)cc23)C(=O)O)ccc2c3c(c(=O)oc12)CCC3. The lowest BCUT2D eigenvalue weighted by Crippen LogP contribution is -2.47. The number of H-pyrrole nitrogens is 1. The van der Waals surface area contributed by atoms with Gasteiger partial charge in [-0.3, -0.25) is 4.79 Å². The van der Waals surface area contributed by atoms with Crippen LogP contribution in [0, 0.1) is 6.92 Å². The minimum Gasteiger partial charge on any atom is -0.508 e. The Hall–Kier alpha value is -4.27. The Bertz CT molecular complexity index is 1570. The quantitative estimate of drug-likeness (QED) is 0.291. The van der Waals surface area contributed by atoms with Gasteiger partial charge >= 0.3 is 11.6 Å². The van der Waals surface area contributed by atoms with Gasteiger partial charge in [-0.15, -0.1) is 0 Å². The summed E-state index contributed by atoms with van der Waals surface area (Å²) in [4.78, 5) is 40.2. The lowest BCUT2D eigenvalue weighted by atomic mass is 10.0. The summed E-state index contributed by atoms with van der Waals surface area (Å²) in [6, 6.07) is 7.15. The van der Waals surface area contributed by atoms with Gasteiger partial charge in [-0.1, -0.05) is 0 Å². The molecule has 2 atom stereocenters. The van der Waals surface area contributed by atoms with Crippen molar-refractivity contribution in [1.82, 2.24) is 10.3 Å². The number of aromatic hydroxyl groups is 1. The number of aromatic amines is 1. The first-order chi connectivity index (χ1) is 17.2. The fraction of sp³-hybridized carbons (Fsp3) is 0.296. The Morgan fingerprint density at radius 3 is 2.72 bits per heavy atom. The van der Waals surface area contributed by atoms with E-state index < -0.39 is 24.0 Å². The van der Waals surface area contributed by atoms with Crippen LogP contribution < -0.4 is 15.7 Å². The molecule has 2 heterocycles. The van der Waals surface area contributed by atoms with Crippen molar-refractivity contribution in [2.75, 3.05) is 0 Å². The van der Waals surface area contributed by atoms with Crippen LogP contribution in [-0.2, 0) is 28.9 Å². The van der Waals surface area contributed by atoms with E-state index in [-0.39, 0.29) is 17.8 Å². The van der Waals surface area contributed by atoms with Crippen LogP contribution in [0.25, 0.3) is 21.9 Å². The van der Waals surface area contributed by atoms with Crippen LogP contribution >= 0.6 is 0 Å². The van der Waals surface area contributed by atoms with Crippen LogP contribution in [-0.4, -0.2) is 39.2 Å². The van der Waals surface area contributed by atoms with Gasteiger partial charge < -0.3 is 29.7 Å². The van der Waals surface area contributed by atoms with Crippen molar-refractivity contribution >= 4 is 33.7 Å². The van der Waals surface area contributed by atoms with Crippen molar-refractivity contribution in [1.29, 1.82) is 0 Å². The standard InChI is InChI=1S/C27H26N2O7/c1-13-23(9-7-18-17-4-3-5-19(17)27(34)36-24(13)18)35-14(2)25(31)29-22(26(32)33)10-15-12-28-21-8-6-16(30)11-20(15)21/h6-9,11-12,14,22,28,30H,3-5,10H2,1-2H3,(H,29,31)(H,32,33). The van der Waals surface area contributed by atoms with E-state index in [1.54, 1.807) is 31.3 Å². The summed E-state index contributed by atoms with van der Waals surface area (Å²) in [5.74, 6) is -1.35. The van der Waals surface area contributed by atoms with Gasteiger partial charge in [0.2, 0.25) is 0 Å². The van der Waals surface area contributed by atoms with Gasteiger partial charge in [-0.2, -0.15) is 0 Å². The van der Waals surface area contributed by atoms with E-state index >= 15 is 0 Å². The minimum atomic E-state index is -1.21. The molecular weight excluding hydrogens is 464 g/mol. The van der Waals surface area contributed by atoms with Crippen molar-refractivity contribution in [3.8, 4) is 11.5 Å². The molecule has 186 valence electrons. The van der Waals surface area contributed by atoms with Crippen LogP contribution in [0.1, 0.15) is 35.6 Å². The smallest absolute Gasteiger partial charge is 0.339 e. The zero-order valence-corrected chi connectivity index (χ0v) is 19.9. The van der Waals surface area contributed by atoms with E-state index in [4.69, 9.17) is 9.15 Å². The Kier molecular flexibility index (Phi) is 5.91. The van der Waals surface area contributed by atoms with Crippen molar-refractivity contribution in [2.24, 2.45) is 0 Å². The number of ether oxygens (including phenoxy) is 1. The number of hydrogen-bond acceptors (Lipinski definition) is 6. The van der Waals surface area contributed by atoms with Gasteiger partial charge in [-0.05, 0) is 74.6 Å². The molecule has 9 nitrogen and oxygen atoms in total. The second kappa shape index (κ2) is 9.07. The van der Waals surface area contributed by atoms with Crippen LogP contribution in [0.4, 0.5) is 0 Å². The molecule has 1 amide bonds. The first-order valence-corrected chi connectivity index (χ1v) is 11.8. The summed E-state index contributed by atoms with van der Waals surface area (Å²) in [6.45, 7) is 3.29. The number of aliphatic carboxylic acids is 1. The third-order valence-electron chi connectivity index (χ3n) is 6.80. The highest BCUT2D eigenvalue weighted by Gasteiger charge is 2.27. The maximum Gasteiger partial charge on any atom is 0.339 e. The number of phenols is 1. The number of aromatic nitrogens is 1. The number of carbonyl (C=O) groups excluding carboxylic acids is 1. The first kappa shape index (κ1) is 23.5.